The van der Waals surface area contributed by atoms with E-state index >= 15 is 0 Å². The maximum absolute atomic E-state index is 4.68. The van der Waals surface area contributed by atoms with Crippen molar-refractivity contribution >= 4 is 28.9 Å². The predicted molar refractivity (Wildman–Crippen MR) is 85.8 cm³/mol. The van der Waals surface area contributed by atoms with Crippen LogP contribution in [0, 0.1) is 6.92 Å². The Morgan fingerprint density at radius 2 is 2.10 bits per heavy atom. The second kappa shape index (κ2) is 7.59. The molecule has 0 atom stereocenters. The molecule has 0 fully saturated rings. The zero-order valence-electron chi connectivity index (χ0n) is 12.1. The molecule has 0 aliphatic heterocycles. The third kappa shape index (κ3) is 3.93. The molecule has 0 aromatic carbocycles. The fraction of sp³-hybridized carbons (Fsp3) is 0.500. The third-order valence-corrected chi connectivity index (χ3v) is 4.73. The van der Waals surface area contributed by atoms with Gasteiger partial charge in [-0.1, -0.05) is 13.8 Å². The lowest BCUT2D eigenvalue weighted by atomic mass is 10.3. The Morgan fingerprint density at radius 3 is 2.75 bits per heavy atom. The van der Waals surface area contributed by atoms with Crippen LogP contribution in [0.5, 0.6) is 0 Å². The molecule has 0 aliphatic carbocycles. The van der Waals surface area contributed by atoms with E-state index in [0.29, 0.717) is 0 Å². The van der Waals surface area contributed by atoms with E-state index in [1.165, 1.54) is 0 Å². The van der Waals surface area contributed by atoms with E-state index in [1.807, 2.05) is 11.6 Å². The van der Waals surface area contributed by atoms with Gasteiger partial charge in [0.25, 0.3) is 0 Å². The van der Waals surface area contributed by atoms with E-state index in [0.717, 1.165) is 52.4 Å². The first kappa shape index (κ1) is 15.3. The molecule has 20 heavy (non-hydrogen) atoms. The predicted octanol–water partition coefficient (Wildman–Crippen LogP) is 4.17. The molecule has 1 N–H and O–H groups in total. The Morgan fingerprint density at radius 1 is 1.25 bits per heavy atom. The topological polar surface area (TPSA) is 50.7 Å². The molecule has 0 bridgehead atoms. The maximum atomic E-state index is 4.68. The van der Waals surface area contributed by atoms with Crippen LogP contribution in [0.15, 0.2) is 20.9 Å². The average Bonchev–Trinajstić information content (AvgIpc) is 2.94. The van der Waals surface area contributed by atoms with Gasteiger partial charge in [0.1, 0.15) is 16.7 Å². The summed E-state index contributed by atoms with van der Waals surface area (Å²) in [5.41, 5.74) is 1.11. The number of aryl methyl sites for hydroxylation is 1. The highest BCUT2D eigenvalue weighted by molar-refractivity contribution is 8.01. The van der Waals surface area contributed by atoms with Crippen molar-refractivity contribution in [2.24, 2.45) is 0 Å². The van der Waals surface area contributed by atoms with Crippen LogP contribution in [0.2, 0.25) is 0 Å². The van der Waals surface area contributed by atoms with Gasteiger partial charge in [-0.15, -0.1) is 11.3 Å². The summed E-state index contributed by atoms with van der Waals surface area (Å²) in [6, 6.07) is 0. The standard InChI is InChI=1S/C14H20N4S2/c1-4-6-11-17-12(15-7-5-2)10(3)13(18-11)20-14-16-8-9-19-14/h8-9H,4-7H2,1-3H3,(H,15,17,18). The SMILES string of the molecule is CCCNc1nc(CCC)nc(Sc2nccs2)c1C. The van der Waals surface area contributed by atoms with E-state index in [2.05, 4.69) is 41.0 Å². The lowest BCUT2D eigenvalue weighted by Gasteiger charge is -2.12. The normalized spacial score (nSPS) is 10.8. The lowest BCUT2D eigenvalue weighted by Crippen LogP contribution is -2.08. The highest BCUT2D eigenvalue weighted by atomic mass is 32.2. The van der Waals surface area contributed by atoms with Gasteiger partial charge in [0.2, 0.25) is 0 Å². The van der Waals surface area contributed by atoms with Gasteiger partial charge in [0.15, 0.2) is 4.34 Å². The fourth-order valence-electron chi connectivity index (χ4n) is 1.73. The summed E-state index contributed by atoms with van der Waals surface area (Å²) in [7, 11) is 0. The van der Waals surface area contributed by atoms with E-state index in [-0.39, 0.29) is 0 Å². The summed E-state index contributed by atoms with van der Waals surface area (Å²) in [4.78, 5) is 13.6. The van der Waals surface area contributed by atoms with Gasteiger partial charge >= 0.3 is 0 Å². The van der Waals surface area contributed by atoms with Gasteiger partial charge in [-0.25, -0.2) is 15.0 Å². The van der Waals surface area contributed by atoms with Crippen molar-refractivity contribution in [3.05, 3.63) is 23.0 Å². The van der Waals surface area contributed by atoms with Crippen LogP contribution < -0.4 is 5.32 Å². The first-order chi connectivity index (χ1) is 9.74. The fourth-order valence-corrected chi connectivity index (χ4v) is 3.37. The van der Waals surface area contributed by atoms with Crippen LogP contribution in [0.4, 0.5) is 5.82 Å². The van der Waals surface area contributed by atoms with E-state index in [4.69, 9.17) is 0 Å². The number of hydrogen-bond acceptors (Lipinski definition) is 6. The monoisotopic (exact) mass is 308 g/mol. The Bertz CT molecular complexity index is 540. The van der Waals surface area contributed by atoms with Gasteiger partial charge in [0, 0.05) is 30.1 Å². The van der Waals surface area contributed by atoms with Crippen molar-refractivity contribution in [3.63, 3.8) is 0 Å². The summed E-state index contributed by atoms with van der Waals surface area (Å²) < 4.78 is 1.02. The van der Waals surface area contributed by atoms with Crippen molar-refractivity contribution in [1.29, 1.82) is 0 Å². The molecular weight excluding hydrogens is 288 g/mol. The van der Waals surface area contributed by atoms with E-state index in [9.17, 15) is 0 Å². The van der Waals surface area contributed by atoms with Crippen LogP contribution in [-0.2, 0) is 6.42 Å². The first-order valence-corrected chi connectivity index (χ1v) is 8.63. The lowest BCUT2D eigenvalue weighted by molar-refractivity contribution is 0.799. The van der Waals surface area contributed by atoms with Gasteiger partial charge < -0.3 is 5.32 Å². The zero-order valence-corrected chi connectivity index (χ0v) is 13.8. The summed E-state index contributed by atoms with van der Waals surface area (Å²) in [5.74, 6) is 1.88. The molecule has 0 unspecified atom stereocenters. The molecule has 0 amide bonds. The molecule has 0 saturated heterocycles. The molecule has 4 nitrogen and oxygen atoms in total. The summed E-state index contributed by atoms with van der Waals surface area (Å²) in [6.45, 7) is 7.31. The molecule has 2 rings (SSSR count). The summed E-state index contributed by atoms with van der Waals surface area (Å²) >= 11 is 3.27. The number of hydrogen-bond donors (Lipinski definition) is 1. The number of rotatable bonds is 7. The molecule has 2 aromatic heterocycles. The Hall–Kier alpha value is -1.14. The Labute approximate surface area is 128 Å². The molecular formula is C14H20N4S2. The average molecular weight is 308 g/mol. The largest absolute Gasteiger partial charge is 0.370 e. The second-order valence-electron chi connectivity index (χ2n) is 4.50. The van der Waals surface area contributed by atoms with Crippen LogP contribution in [-0.4, -0.2) is 21.5 Å². The molecule has 0 radical (unpaired) electrons. The Kier molecular flexibility index (Phi) is 5.79. The second-order valence-corrected chi connectivity index (χ2v) is 6.63. The number of anilines is 1. The van der Waals surface area contributed by atoms with E-state index in [1.54, 1.807) is 23.1 Å². The van der Waals surface area contributed by atoms with Crippen molar-refractivity contribution in [3.8, 4) is 0 Å². The van der Waals surface area contributed by atoms with Crippen molar-refractivity contribution in [2.45, 2.75) is 49.4 Å². The first-order valence-electron chi connectivity index (χ1n) is 6.93. The number of aromatic nitrogens is 3. The molecule has 108 valence electrons. The van der Waals surface area contributed by atoms with Crippen LogP contribution >= 0.6 is 23.1 Å². The smallest absolute Gasteiger partial charge is 0.156 e. The molecule has 6 heteroatoms. The minimum Gasteiger partial charge on any atom is -0.370 e. The maximum Gasteiger partial charge on any atom is 0.156 e. The molecule has 0 spiro atoms. The summed E-state index contributed by atoms with van der Waals surface area (Å²) in [5, 5.41) is 6.40. The number of thiazole rings is 1. The van der Waals surface area contributed by atoms with Crippen LogP contribution in [0.3, 0.4) is 0 Å². The number of nitrogens with zero attached hydrogens (tertiary/aromatic N) is 3. The van der Waals surface area contributed by atoms with Gasteiger partial charge in [-0.05, 0) is 31.5 Å². The van der Waals surface area contributed by atoms with Gasteiger partial charge in [-0.3, -0.25) is 0 Å². The molecule has 0 saturated carbocycles. The Balaban J connectivity index is 2.29. The molecule has 2 heterocycles. The molecule has 2 aromatic rings. The summed E-state index contributed by atoms with van der Waals surface area (Å²) in [6.07, 6.45) is 4.87. The van der Waals surface area contributed by atoms with Gasteiger partial charge in [0.05, 0.1) is 0 Å². The van der Waals surface area contributed by atoms with Gasteiger partial charge in [-0.2, -0.15) is 0 Å². The van der Waals surface area contributed by atoms with Crippen LogP contribution in [0.25, 0.3) is 0 Å². The van der Waals surface area contributed by atoms with Crippen molar-refractivity contribution in [1.82, 2.24) is 15.0 Å². The van der Waals surface area contributed by atoms with Crippen LogP contribution in [0.1, 0.15) is 38.1 Å². The number of nitrogens with one attached hydrogen (secondary N) is 1. The van der Waals surface area contributed by atoms with Crippen molar-refractivity contribution < 1.29 is 0 Å². The quantitative estimate of drug-likeness (QED) is 0.778. The minimum atomic E-state index is 0.909. The third-order valence-electron chi connectivity index (χ3n) is 2.76. The zero-order chi connectivity index (χ0) is 14.4. The van der Waals surface area contributed by atoms with E-state index < -0.39 is 0 Å². The minimum absolute atomic E-state index is 0.909. The molecule has 0 aliphatic rings. The van der Waals surface area contributed by atoms with Crippen molar-refractivity contribution in [2.75, 3.05) is 11.9 Å². The highest BCUT2D eigenvalue weighted by Gasteiger charge is 2.12. The highest BCUT2D eigenvalue weighted by Crippen LogP contribution is 2.32.